The molecule has 0 radical (unpaired) electrons. The molecule has 4 rings (SSSR count). The van der Waals surface area contributed by atoms with E-state index in [1.165, 1.54) is 5.56 Å². The van der Waals surface area contributed by atoms with Crippen LogP contribution >= 0.6 is 0 Å². The first-order valence-electron chi connectivity index (χ1n) is 10.1. The highest BCUT2D eigenvalue weighted by atomic mass is 16.7. The number of hydrogen-bond donors (Lipinski definition) is 1. The van der Waals surface area contributed by atoms with E-state index in [0.29, 0.717) is 25.0 Å². The monoisotopic (exact) mass is 397 g/mol. The molecule has 0 atom stereocenters. The van der Waals surface area contributed by atoms with Crippen molar-refractivity contribution < 1.29 is 14.3 Å². The molecule has 29 heavy (non-hydrogen) atoms. The Bertz CT molecular complexity index is 881. The lowest BCUT2D eigenvalue weighted by Gasteiger charge is -2.35. The van der Waals surface area contributed by atoms with E-state index >= 15 is 0 Å². The molecule has 0 unspecified atom stereocenters. The van der Waals surface area contributed by atoms with E-state index < -0.39 is 0 Å². The maximum Gasteiger partial charge on any atom is 0.270 e. The first-order chi connectivity index (χ1) is 14.1. The Morgan fingerprint density at radius 2 is 1.90 bits per heavy atom. The van der Waals surface area contributed by atoms with Crippen LogP contribution in [0, 0.1) is 6.92 Å². The number of carbonyl (C=O) groups is 1. The van der Waals surface area contributed by atoms with Gasteiger partial charge in [0.1, 0.15) is 5.69 Å². The standard InChI is InChI=1S/C21H27N5O3/c1-3-6-22-20(27)17-11-15(2)23-21(24-17)26-9-7-25(8-10-26)13-16-4-5-18-19(12-16)29-14-28-18/h4-5,11-12H,3,6-10,13-14H2,1-2H3,(H,22,27). The van der Waals surface area contributed by atoms with E-state index in [4.69, 9.17) is 9.47 Å². The van der Waals surface area contributed by atoms with Gasteiger partial charge in [-0.2, -0.15) is 0 Å². The van der Waals surface area contributed by atoms with Crippen molar-refractivity contribution in [3.63, 3.8) is 0 Å². The molecule has 1 amide bonds. The molecule has 8 nitrogen and oxygen atoms in total. The van der Waals surface area contributed by atoms with Crippen LogP contribution in [0.25, 0.3) is 0 Å². The molecule has 0 spiro atoms. The molecule has 154 valence electrons. The van der Waals surface area contributed by atoms with Gasteiger partial charge in [0, 0.05) is 45.0 Å². The third kappa shape index (κ3) is 4.59. The van der Waals surface area contributed by atoms with Crippen molar-refractivity contribution in [3.8, 4) is 11.5 Å². The van der Waals surface area contributed by atoms with Crippen LogP contribution in [0.4, 0.5) is 5.95 Å². The van der Waals surface area contributed by atoms with Crippen LogP contribution in [0.5, 0.6) is 11.5 Å². The number of amides is 1. The van der Waals surface area contributed by atoms with E-state index in [-0.39, 0.29) is 5.91 Å². The largest absolute Gasteiger partial charge is 0.454 e. The Labute approximate surface area is 170 Å². The smallest absolute Gasteiger partial charge is 0.270 e. The van der Waals surface area contributed by atoms with Crippen molar-refractivity contribution in [1.82, 2.24) is 20.2 Å². The Balaban J connectivity index is 1.37. The zero-order valence-electron chi connectivity index (χ0n) is 17.0. The highest BCUT2D eigenvalue weighted by Gasteiger charge is 2.22. The number of aromatic nitrogens is 2. The van der Waals surface area contributed by atoms with E-state index in [0.717, 1.165) is 56.3 Å². The van der Waals surface area contributed by atoms with Gasteiger partial charge in [-0.1, -0.05) is 13.0 Å². The minimum Gasteiger partial charge on any atom is -0.454 e. The van der Waals surface area contributed by atoms with Crippen LogP contribution < -0.4 is 19.7 Å². The molecule has 0 bridgehead atoms. The second kappa shape index (κ2) is 8.65. The summed E-state index contributed by atoms with van der Waals surface area (Å²) in [6, 6.07) is 7.86. The zero-order chi connectivity index (χ0) is 20.2. The van der Waals surface area contributed by atoms with Crippen molar-refractivity contribution in [2.24, 2.45) is 0 Å². The van der Waals surface area contributed by atoms with Gasteiger partial charge < -0.3 is 19.7 Å². The highest BCUT2D eigenvalue weighted by Crippen LogP contribution is 2.32. The molecule has 2 aliphatic rings. The van der Waals surface area contributed by atoms with Gasteiger partial charge in [-0.15, -0.1) is 0 Å². The Morgan fingerprint density at radius 1 is 1.10 bits per heavy atom. The first kappa shape index (κ1) is 19.4. The molecule has 1 fully saturated rings. The summed E-state index contributed by atoms with van der Waals surface area (Å²) < 4.78 is 10.9. The molecule has 2 aliphatic heterocycles. The zero-order valence-corrected chi connectivity index (χ0v) is 17.0. The van der Waals surface area contributed by atoms with Crippen molar-refractivity contribution in [2.45, 2.75) is 26.8 Å². The number of benzene rings is 1. The molecule has 1 N–H and O–H groups in total. The number of piperazine rings is 1. The molecular weight excluding hydrogens is 370 g/mol. The predicted octanol–water partition coefficient (Wildman–Crippen LogP) is 1.98. The Kier molecular flexibility index (Phi) is 5.80. The SMILES string of the molecule is CCCNC(=O)c1cc(C)nc(N2CCN(Cc3ccc4c(c3)OCO4)CC2)n1. The van der Waals surface area contributed by atoms with Gasteiger partial charge in [-0.05, 0) is 37.1 Å². The van der Waals surface area contributed by atoms with Crippen molar-refractivity contribution in [1.29, 1.82) is 0 Å². The number of rotatable bonds is 6. The summed E-state index contributed by atoms with van der Waals surface area (Å²) in [5.41, 5.74) is 2.45. The molecule has 0 saturated carbocycles. The third-order valence-electron chi connectivity index (χ3n) is 5.11. The lowest BCUT2D eigenvalue weighted by atomic mass is 10.1. The van der Waals surface area contributed by atoms with Gasteiger partial charge >= 0.3 is 0 Å². The molecule has 2 aromatic rings. The summed E-state index contributed by atoms with van der Waals surface area (Å²) in [6.45, 7) is 9.20. The molecular formula is C21H27N5O3. The van der Waals surface area contributed by atoms with Gasteiger partial charge in [0.2, 0.25) is 12.7 Å². The fourth-order valence-corrected chi connectivity index (χ4v) is 3.54. The van der Waals surface area contributed by atoms with E-state index in [2.05, 4.69) is 37.2 Å². The van der Waals surface area contributed by atoms with Crippen LogP contribution in [0.3, 0.4) is 0 Å². The van der Waals surface area contributed by atoms with Gasteiger partial charge in [-0.25, -0.2) is 9.97 Å². The maximum atomic E-state index is 12.3. The van der Waals surface area contributed by atoms with E-state index in [9.17, 15) is 4.79 Å². The Hall–Kier alpha value is -2.87. The number of hydrogen-bond acceptors (Lipinski definition) is 7. The van der Waals surface area contributed by atoms with Gasteiger partial charge in [0.25, 0.3) is 5.91 Å². The summed E-state index contributed by atoms with van der Waals surface area (Å²) >= 11 is 0. The van der Waals surface area contributed by atoms with Crippen LogP contribution in [0.2, 0.25) is 0 Å². The quantitative estimate of drug-likeness (QED) is 0.798. The van der Waals surface area contributed by atoms with E-state index in [1.54, 1.807) is 6.07 Å². The van der Waals surface area contributed by atoms with Crippen molar-refractivity contribution >= 4 is 11.9 Å². The number of nitrogens with zero attached hydrogens (tertiary/aromatic N) is 4. The normalized spacial score (nSPS) is 16.1. The predicted molar refractivity (Wildman–Crippen MR) is 109 cm³/mol. The molecule has 8 heteroatoms. The van der Waals surface area contributed by atoms with Gasteiger partial charge in [0.15, 0.2) is 11.5 Å². The number of ether oxygens (including phenoxy) is 2. The lowest BCUT2D eigenvalue weighted by molar-refractivity contribution is 0.0948. The third-order valence-corrected chi connectivity index (χ3v) is 5.11. The fourth-order valence-electron chi connectivity index (χ4n) is 3.54. The minimum absolute atomic E-state index is 0.139. The minimum atomic E-state index is -0.139. The number of carbonyl (C=O) groups excluding carboxylic acids is 1. The topological polar surface area (TPSA) is 79.8 Å². The average Bonchev–Trinajstić information content (AvgIpc) is 3.20. The highest BCUT2D eigenvalue weighted by molar-refractivity contribution is 5.92. The van der Waals surface area contributed by atoms with Crippen LogP contribution in [0.15, 0.2) is 24.3 Å². The maximum absolute atomic E-state index is 12.3. The van der Waals surface area contributed by atoms with Crippen molar-refractivity contribution in [3.05, 3.63) is 41.2 Å². The number of anilines is 1. The first-order valence-corrected chi connectivity index (χ1v) is 10.1. The summed E-state index contributed by atoms with van der Waals surface area (Å²) in [7, 11) is 0. The van der Waals surface area contributed by atoms with Crippen LogP contribution in [-0.2, 0) is 6.54 Å². The average molecular weight is 397 g/mol. The fraction of sp³-hybridized carbons (Fsp3) is 0.476. The lowest BCUT2D eigenvalue weighted by Crippen LogP contribution is -2.46. The molecule has 1 aromatic heterocycles. The molecule has 0 aliphatic carbocycles. The Morgan fingerprint density at radius 3 is 2.69 bits per heavy atom. The second-order valence-corrected chi connectivity index (χ2v) is 7.40. The molecule has 1 saturated heterocycles. The van der Waals surface area contributed by atoms with Crippen LogP contribution in [-0.4, -0.2) is 60.3 Å². The number of fused-ring (bicyclic) bond motifs is 1. The molecule has 3 heterocycles. The van der Waals surface area contributed by atoms with Gasteiger partial charge in [0.05, 0.1) is 0 Å². The second-order valence-electron chi connectivity index (χ2n) is 7.40. The van der Waals surface area contributed by atoms with E-state index in [1.807, 2.05) is 19.9 Å². The van der Waals surface area contributed by atoms with Gasteiger partial charge in [-0.3, -0.25) is 9.69 Å². The summed E-state index contributed by atoms with van der Waals surface area (Å²) in [5.74, 6) is 2.13. The number of aryl methyl sites for hydroxylation is 1. The van der Waals surface area contributed by atoms with Crippen LogP contribution in [0.1, 0.15) is 35.1 Å². The van der Waals surface area contributed by atoms with Crippen molar-refractivity contribution in [2.75, 3.05) is 44.4 Å². The number of nitrogens with one attached hydrogen (secondary N) is 1. The molecule has 1 aromatic carbocycles. The summed E-state index contributed by atoms with van der Waals surface area (Å²) in [4.78, 5) is 25.9. The summed E-state index contributed by atoms with van der Waals surface area (Å²) in [5, 5.41) is 2.88. The summed E-state index contributed by atoms with van der Waals surface area (Å²) in [6.07, 6.45) is 0.897.